The van der Waals surface area contributed by atoms with Gasteiger partial charge in [-0.1, -0.05) is 11.6 Å². The van der Waals surface area contributed by atoms with E-state index in [0.29, 0.717) is 18.0 Å². The number of aryl methyl sites for hydroxylation is 2. The second-order valence-electron chi connectivity index (χ2n) is 5.34. The number of aromatic nitrogens is 2. The van der Waals surface area contributed by atoms with Crippen molar-refractivity contribution in [3.8, 4) is 0 Å². The van der Waals surface area contributed by atoms with Crippen molar-refractivity contribution in [2.45, 2.75) is 46.6 Å². The fraction of sp³-hybridized carbons (Fsp3) is 0.692. The first-order valence-corrected chi connectivity index (χ1v) is 6.73. The maximum absolute atomic E-state index is 11.6. The Morgan fingerprint density at radius 1 is 1.61 bits per heavy atom. The predicted molar refractivity (Wildman–Crippen MR) is 69.8 cm³/mol. The number of nitrogens with zero attached hydrogens (tertiary/aromatic N) is 2. The van der Waals surface area contributed by atoms with Gasteiger partial charge in [0, 0.05) is 13.0 Å². The second-order valence-corrected chi connectivity index (χ2v) is 5.71. The minimum Gasteiger partial charge on any atom is -0.481 e. The third kappa shape index (κ3) is 2.14. The number of rotatable bonds is 5. The molecule has 1 aromatic heterocycles. The SMILES string of the molecule is CCn1nc(C)c(Cl)c1CC(C)(C(=O)O)C1CC1. The summed E-state index contributed by atoms with van der Waals surface area (Å²) in [6.07, 6.45) is 2.46. The van der Waals surface area contributed by atoms with E-state index in [1.54, 1.807) is 0 Å². The van der Waals surface area contributed by atoms with E-state index in [9.17, 15) is 9.90 Å². The highest BCUT2D eigenvalue weighted by molar-refractivity contribution is 6.31. The molecule has 0 bridgehead atoms. The number of hydrogen-bond donors (Lipinski definition) is 1. The molecular weight excluding hydrogens is 252 g/mol. The van der Waals surface area contributed by atoms with Crippen LogP contribution in [0.1, 0.15) is 38.1 Å². The van der Waals surface area contributed by atoms with Gasteiger partial charge in [0.15, 0.2) is 0 Å². The first-order chi connectivity index (χ1) is 8.40. The van der Waals surface area contributed by atoms with Crippen LogP contribution in [0.3, 0.4) is 0 Å². The summed E-state index contributed by atoms with van der Waals surface area (Å²) in [5.74, 6) is -0.464. The van der Waals surface area contributed by atoms with E-state index in [2.05, 4.69) is 5.10 Å². The molecule has 1 aromatic rings. The van der Waals surface area contributed by atoms with Crippen molar-refractivity contribution in [1.82, 2.24) is 9.78 Å². The van der Waals surface area contributed by atoms with Crippen LogP contribution in [0.4, 0.5) is 0 Å². The van der Waals surface area contributed by atoms with Crippen LogP contribution in [-0.4, -0.2) is 20.9 Å². The molecular formula is C13H19ClN2O2. The quantitative estimate of drug-likeness (QED) is 0.895. The van der Waals surface area contributed by atoms with Gasteiger partial charge in [0.25, 0.3) is 0 Å². The van der Waals surface area contributed by atoms with Crippen LogP contribution in [-0.2, 0) is 17.8 Å². The molecule has 5 heteroatoms. The Hall–Kier alpha value is -1.03. The summed E-state index contributed by atoms with van der Waals surface area (Å²) in [4.78, 5) is 11.6. The molecule has 1 saturated carbocycles. The highest BCUT2D eigenvalue weighted by Gasteiger charge is 2.48. The van der Waals surface area contributed by atoms with Gasteiger partial charge in [0.05, 0.1) is 21.8 Å². The predicted octanol–water partition coefficient (Wildman–Crippen LogP) is 2.91. The molecule has 1 N–H and O–H groups in total. The van der Waals surface area contributed by atoms with Gasteiger partial charge in [-0.15, -0.1) is 0 Å². The molecule has 1 aliphatic carbocycles. The Labute approximate surface area is 112 Å². The average Bonchev–Trinajstić information content (AvgIpc) is 3.12. The van der Waals surface area contributed by atoms with Crippen molar-refractivity contribution in [1.29, 1.82) is 0 Å². The van der Waals surface area contributed by atoms with E-state index in [0.717, 1.165) is 24.2 Å². The van der Waals surface area contributed by atoms with Crippen LogP contribution in [0.5, 0.6) is 0 Å². The van der Waals surface area contributed by atoms with Crippen LogP contribution in [0.15, 0.2) is 0 Å². The summed E-state index contributed by atoms with van der Waals surface area (Å²) < 4.78 is 1.82. The largest absolute Gasteiger partial charge is 0.481 e. The summed E-state index contributed by atoms with van der Waals surface area (Å²) in [6, 6.07) is 0. The van der Waals surface area contributed by atoms with E-state index in [1.165, 1.54) is 0 Å². The highest BCUT2D eigenvalue weighted by Crippen LogP contribution is 2.48. The van der Waals surface area contributed by atoms with Gasteiger partial charge < -0.3 is 5.11 Å². The zero-order valence-corrected chi connectivity index (χ0v) is 11.8. The fourth-order valence-corrected chi connectivity index (χ4v) is 2.70. The minimum absolute atomic E-state index is 0.270. The lowest BCUT2D eigenvalue weighted by Gasteiger charge is -2.25. The normalized spacial score (nSPS) is 18.7. The first-order valence-electron chi connectivity index (χ1n) is 6.35. The molecule has 1 fully saturated rings. The van der Waals surface area contributed by atoms with E-state index < -0.39 is 11.4 Å². The van der Waals surface area contributed by atoms with Crippen LogP contribution in [0.25, 0.3) is 0 Å². The Morgan fingerprint density at radius 3 is 2.67 bits per heavy atom. The Bertz CT molecular complexity index is 480. The Balaban J connectivity index is 2.35. The second kappa shape index (κ2) is 4.57. The molecule has 0 radical (unpaired) electrons. The van der Waals surface area contributed by atoms with Crippen molar-refractivity contribution in [2.75, 3.05) is 0 Å². The standard InChI is InChI=1S/C13H19ClN2O2/c1-4-16-10(11(14)8(2)15-16)7-13(3,12(17)18)9-5-6-9/h9H,4-7H2,1-3H3,(H,17,18). The smallest absolute Gasteiger partial charge is 0.310 e. The van der Waals surface area contributed by atoms with Gasteiger partial charge >= 0.3 is 5.97 Å². The molecule has 0 saturated heterocycles. The van der Waals surface area contributed by atoms with E-state index in [4.69, 9.17) is 11.6 Å². The van der Waals surface area contributed by atoms with Gasteiger partial charge in [0.1, 0.15) is 0 Å². The van der Waals surface area contributed by atoms with Gasteiger partial charge in [-0.25, -0.2) is 0 Å². The molecule has 1 unspecified atom stereocenters. The number of hydrogen-bond acceptors (Lipinski definition) is 2. The van der Waals surface area contributed by atoms with Gasteiger partial charge in [-0.05, 0) is 39.5 Å². The molecule has 4 nitrogen and oxygen atoms in total. The fourth-order valence-electron chi connectivity index (χ4n) is 2.50. The number of halogens is 1. The maximum atomic E-state index is 11.6. The van der Waals surface area contributed by atoms with Crippen molar-refractivity contribution >= 4 is 17.6 Å². The number of carbonyl (C=O) groups is 1. The number of carboxylic acid groups (broad SMARTS) is 1. The molecule has 1 atom stereocenters. The summed E-state index contributed by atoms with van der Waals surface area (Å²) in [5, 5.41) is 14.5. The number of aliphatic carboxylic acids is 1. The van der Waals surface area contributed by atoms with E-state index in [-0.39, 0.29) is 5.92 Å². The lowest BCUT2D eigenvalue weighted by atomic mass is 9.80. The van der Waals surface area contributed by atoms with Crippen LogP contribution >= 0.6 is 11.6 Å². The molecule has 1 heterocycles. The Kier molecular flexibility index (Phi) is 3.41. The summed E-state index contributed by atoms with van der Waals surface area (Å²) in [7, 11) is 0. The minimum atomic E-state index is -0.734. The third-order valence-corrected chi connectivity index (χ3v) is 4.45. The van der Waals surface area contributed by atoms with Crippen LogP contribution in [0, 0.1) is 18.3 Å². The van der Waals surface area contributed by atoms with Crippen LogP contribution in [0.2, 0.25) is 5.02 Å². The van der Waals surface area contributed by atoms with E-state index in [1.807, 2.05) is 25.5 Å². The topological polar surface area (TPSA) is 55.1 Å². The summed E-state index contributed by atoms with van der Waals surface area (Å²) >= 11 is 6.25. The van der Waals surface area contributed by atoms with Crippen molar-refractivity contribution in [2.24, 2.45) is 11.3 Å². The number of carboxylic acids is 1. The van der Waals surface area contributed by atoms with Gasteiger partial charge in [0.2, 0.25) is 0 Å². The average molecular weight is 271 g/mol. The molecule has 100 valence electrons. The Morgan fingerprint density at radius 2 is 2.22 bits per heavy atom. The molecule has 18 heavy (non-hydrogen) atoms. The van der Waals surface area contributed by atoms with E-state index >= 15 is 0 Å². The highest BCUT2D eigenvalue weighted by atomic mass is 35.5. The third-order valence-electron chi connectivity index (χ3n) is 3.95. The summed E-state index contributed by atoms with van der Waals surface area (Å²) in [6.45, 7) is 6.38. The monoisotopic (exact) mass is 270 g/mol. The van der Waals surface area contributed by atoms with Gasteiger partial charge in [-0.2, -0.15) is 5.10 Å². The van der Waals surface area contributed by atoms with Crippen molar-refractivity contribution in [3.63, 3.8) is 0 Å². The maximum Gasteiger partial charge on any atom is 0.310 e. The molecule has 0 aliphatic heterocycles. The zero-order chi connectivity index (χ0) is 13.5. The van der Waals surface area contributed by atoms with Crippen LogP contribution < -0.4 is 0 Å². The van der Waals surface area contributed by atoms with Crippen molar-refractivity contribution < 1.29 is 9.90 Å². The zero-order valence-electron chi connectivity index (χ0n) is 11.0. The molecule has 1 aliphatic rings. The molecule has 0 spiro atoms. The molecule has 0 amide bonds. The molecule has 0 aromatic carbocycles. The summed E-state index contributed by atoms with van der Waals surface area (Å²) in [5.41, 5.74) is 0.911. The van der Waals surface area contributed by atoms with Gasteiger partial charge in [-0.3, -0.25) is 9.48 Å². The lowest BCUT2D eigenvalue weighted by molar-refractivity contribution is -0.149. The first kappa shape index (κ1) is 13.4. The molecule has 2 rings (SSSR count). The van der Waals surface area contributed by atoms with Crippen molar-refractivity contribution in [3.05, 3.63) is 16.4 Å². The lowest BCUT2D eigenvalue weighted by Crippen LogP contribution is -2.33.